The molecule has 2 aliphatic heterocycles. The summed E-state index contributed by atoms with van der Waals surface area (Å²) in [6.07, 6.45) is 1.98. The van der Waals surface area contributed by atoms with E-state index in [1.54, 1.807) is 11.9 Å². The van der Waals surface area contributed by atoms with E-state index in [4.69, 9.17) is 0 Å². The molecular weight excluding hydrogens is 366 g/mol. The SMILES string of the molecule is CN1CCC(C(=O)N2CCCN(c3ccc(-c4ccccc4)nn3)CC2)CC1=O. The van der Waals surface area contributed by atoms with Crippen LogP contribution in [0.1, 0.15) is 19.3 Å². The molecule has 0 N–H and O–H groups in total. The lowest BCUT2D eigenvalue weighted by atomic mass is 9.95. The van der Waals surface area contributed by atoms with Crippen LogP contribution in [0.2, 0.25) is 0 Å². The number of rotatable bonds is 3. The molecule has 2 aromatic rings. The Hall–Kier alpha value is -2.96. The minimum absolute atomic E-state index is 0.0693. The second-order valence-electron chi connectivity index (χ2n) is 7.81. The molecular formula is C22H27N5O2. The van der Waals surface area contributed by atoms with Crippen molar-refractivity contribution in [2.24, 2.45) is 5.92 Å². The molecule has 0 bridgehead atoms. The van der Waals surface area contributed by atoms with E-state index in [0.717, 1.165) is 49.6 Å². The van der Waals surface area contributed by atoms with Crippen LogP contribution in [0.15, 0.2) is 42.5 Å². The van der Waals surface area contributed by atoms with Crippen LogP contribution < -0.4 is 4.90 Å². The van der Waals surface area contributed by atoms with Crippen molar-refractivity contribution in [3.8, 4) is 11.3 Å². The first-order chi connectivity index (χ1) is 14.1. The second kappa shape index (κ2) is 8.59. The molecule has 2 amide bonds. The van der Waals surface area contributed by atoms with E-state index in [9.17, 15) is 9.59 Å². The number of benzene rings is 1. The summed E-state index contributed by atoms with van der Waals surface area (Å²) >= 11 is 0. The maximum absolute atomic E-state index is 12.9. The molecule has 2 aliphatic rings. The molecule has 2 saturated heterocycles. The number of carbonyl (C=O) groups is 2. The number of hydrogen-bond acceptors (Lipinski definition) is 5. The highest BCUT2D eigenvalue weighted by atomic mass is 16.2. The van der Waals surface area contributed by atoms with Crippen LogP contribution in [0.25, 0.3) is 11.3 Å². The number of hydrogen-bond donors (Lipinski definition) is 0. The molecule has 1 aromatic carbocycles. The van der Waals surface area contributed by atoms with Gasteiger partial charge >= 0.3 is 0 Å². The van der Waals surface area contributed by atoms with E-state index in [2.05, 4.69) is 15.1 Å². The molecule has 2 fully saturated rings. The van der Waals surface area contributed by atoms with Gasteiger partial charge in [-0.05, 0) is 25.0 Å². The first-order valence-electron chi connectivity index (χ1n) is 10.3. The quantitative estimate of drug-likeness (QED) is 0.798. The molecule has 4 rings (SSSR count). The fourth-order valence-corrected chi connectivity index (χ4v) is 4.04. The van der Waals surface area contributed by atoms with Gasteiger partial charge in [-0.15, -0.1) is 10.2 Å². The van der Waals surface area contributed by atoms with Gasteiger partial charge in [-0.2, -0.15) is 0 Å². The number of nitrogens with zero attached hydrogens (tertiary/aromatic N) is 5. The van der Waals surface area contributed by atoms with Gasteiger partial charge in [-0.25, -0.2) is 0 Å². The van der Waals surface area contributed by atoms with E-state index >= 15 is 0 Å². The predicted molar refractivity (Wildman–Crippen MR) is 111 cm³/mol. The monoisotopic (exact) mass is 393 g/mol. The zero-order valence-corrected chi connectivity index (χ0v) is 16.8. The molecule has 1 unspecified atom stereocenters. The van der Waals surface area contributed by atoms with Crippen molar-refractivity contribution in [1.82, 2.24) is 20.0 Å². The van der Waals surface area contributed by atoms with Gasteiger partial charge < -0.3 is 14.7 Å². The molecule has 1 atom stereocenters. The van der Waals surface area contributed by atoms with E-state index < -0.39 is 0 Å². The average Bonchev–Trinajstić information content (AvgIpc) is 3.02. The third-order valence-electron chi connectivity index (χ3n) is 5.86. The molecule has 29 heavy (non-hydrogen) atoms. The Morgan fingerprint density at radius 2 is 1.79 bits per heavy atom. The van der Waals surface area contributed by atoms with Gasteiger partial charge in [-0.3, -0.25) is 9.59 Å². The summed E-state index contributed by atoms with van der Waals surface area (Å²) in [5.41, 5.74) is 1.90. The normalized spacial score (nSPS) is 20.5. The van der Waals surface area contributed by atoms with Crippen molar-refractivity contribution in [3.63, 3.8) is 0 Å². The molecule has 1 aromatic heterocycles. The number of piperidine rings is 1. The fourth-order valence-electron chi connectivity index (χ4n) is 4.04. The molecule has 0 saturated carbocycles. The zero-order valence-electron chi connectivity index (χ0n) is 16.8. The number of amides is 2. The fraction of sp³-hybridized carbons (Fsp3) is 0.455. The van der Waals surface area contributed by atoms with E-state index in [1.165, 1.54) is 0 Å². The lowest BCUT2D eigenvalue weighted by Gasteiger charge is -2.31. The van der Waals surface area contributed by atoms with E-state index in [-0.39, 0.29) is 17.7 Å². The van der Waals surface area contributed by atoms with Gasteiger partial charge in [-0.1, -0.05) is 30.3 Å². The summed E-state index contributed by atoms with van der Waals surface area (Å²) < 4.78 is 0. The highest BCUT2D eigenvalue weighted by Gasteiger charge is 2.32. The van der Waals surface area contributed by atoms with Gasteiger partial charge in [0, 0.05) is 57.7 Å². The first kappa shape index (κ1) is 19.4. The maximum Gasteiger partial charge on any atom is 0.226 e. The van der Waals surface area contributed by atoms with Crippen LogP contribution >= 0.6 is 0 Å². The molecule has 0 spiro atoms. The number of likely N-dealkylation sites (tertiary alicyclic amines) is 1. The zero-order chi connectivity index (χ0) is 20.2. The summed E-state index contributed by atoms with van der Waals surface area (Å²) in [5.74, 6) is 0.863. The molecule has 0 radical (unpaired) electrons. The van der Waals surface area contributed by atoms with Crippen LogP contribution in [0.3, 0.4) is 0 Å². The second-order valence-corrected chi connectivity index (χ2v) is 7.81. The molecule has 7 nitrogen and oxygen atoms in total. The minimum atomic E-state index is -0.171. The van der Waals surface area contributed by atoms with E-state index in [1.807, 2.05) is 47.4 Å². The highest BCUT2D eigenvalue weighted by Crippen LogP contribution is 2.22. The van der Waals surface area contributed by atoms with Gasteiger partial charge in [0.1, 0.15) is 0 Å². The summed E-state index contributed by atoms with van der Waals surface area (Å²) in [6.45, 7) is 3.62. The summed E-state index contributed by atoms with van der Waals surface area (Å²) in [6, 6.07) is 14.0. The lowest BCUT2D eigenvalue weighted by molar-refractivity contribution is -0.144. The van der Waals surface area contributed by atoms with E-state index in [0.29, 0.717) is 19.5 Å². The molecule has 0 aliphatic carbocycles. The molecule has 7 heteroatoms. The molecule has 3 heterocycles. The van der Waals surface area contributed by atoms with Crippen LogP contribution in [-0.2, 0) is 9.59 Å². The highest BCUT2D eigenvalue weighted by molar-refractivity contribution is 5.87. The number of aromatic nitrogens is 2. The smallest absolute Gasteiger partial charge is 0.226 e. The van der Waals surface area contributed by atoms with Gasteiger partial charge in [0.25, 0.3) is 0 Å². The van der Waals surface area contributed by atoms with Crippen LogP contribution in [0.4, 0.5) is 5.82 Å². The maximum atomic E-state index is 12.9. The first-order valence-corrected chi connectivity index (χ1v) is 10.3. The Morgan fingerprint density at radius 3 is 2.52 bits per heavy atom. The summed E-state index contributed by atoms with van der Waals surface area (Å²) in [7, 11) is 1.80. The topological polar surface area (TPSA) is 69.6 Å². The Labute approximate surface area is 171 Å². The number of carbonyl (C=O) groups excluding carboxylic acids is 2. The Morgan fingerprint density at radius 1 is 0.966 bits per heavy atom. The Balaban J connectivity index is 1.37. The minimum Gasteiger partial charge on any atom is -0.353 e. The lowest BCUT2D eigenvalue weighted by Crippen LogP contribution is -2.45. The Bertz CT molecular complexity index is 855. The predicted octanol–water partition coefficient (Wildman–Crippen LogP) is 2.05. The van der Waals surface area contributed by atoms with Gasteiger partial charge in [0.2, 0.25) is 11.8 Å². The van der Waals surface area contributed by atoms with Crippen LogP contribution in [0, 0.1) is 5.92 Å². The third-order valence-corrected chi connectivity index (χ3v) is 5.86. The van der Waals surface area contributed by atoms with Gasteiger partial charge in [0.05, 0.1) is 5.69 Å². The average molecular weight is 393 g/mol. The standard InChI is InChI=1S/C22H27N5O2/c1-25-13-10-18(16-21(25)28)22(29)27-12-5-11-26(14-15-27)20-9-8-19(23-24-20)17-6-3-2-4-7-17/h2-4,6-9,18H,5,10-16H2,1H3. The van der Waals surface area contributed by atoms with Crippen molar-refractivity contribution < 1.29 is 9.59 Å². The Kier molecular flexibility index (Phi) is 5.74. The number of anilines is 1. The van der Waals surface area contributed by atoms with Crippen molar-refractivity contribution in [1.29, 1.82) is 0 Å². The van der Waals surface area contributed by atoms with Crippen LogP contribution in [0.5, 0.6) is 0 Å². The largest absolute Gasteiger partial charge is 0.353 e. The summed E-state index contributed by atoms with van der Waals surface area (Å²) in [4.78, 5) is 30.7. The molecule has 152 valence electrons. The van der Waals surface area contributed by atoms with Crippen molar-refractivity contribution in [2.45, 2.75) is 19.3 Å². The van der Waals surface area contributed by atoms with Crippen molar-refractivity contribution in [2.75, 3.05) is 44.7 Å². The summed E-state index contributed by atoms with van der Waals surface area (Å²) in [5, 5.41) is 8.80. The van der Waals surface area contributed by atoms with Crippen LogP contribution in [-0.4, -0.2) is 71.6 Å². The third kappa shape index (κ3) is 4.39. The van der Waals surface area contributed by atoms with Crippen molar-refractivity contribution in [3.05, 3.63) is 42.5 Å². The van der Waals surface area contributed by atoms with Gasteiger partial charge in [0.15, 0.2) is 5.82 Å². The van der Waals surface area contributed by atoms with Crippen molar-refractivity contribution >= 4 is 17.6 Å².